The summed E-state index contributed by atoms with van der Waals surface area (Å²) in [4.78, 5) is 12.4. The highest BCUT2D eigenvalue weighted by Crippen LogP contribution is 2.41. The first-order valence-electron chi connectivity index (χ1n) is 10.1. The molecule has 0 spiro atoms. The zero-order valence-electron chi connectivity index (χ0n) is 17.8. The summed E-state index contributed by atoms with van der Waals surface area (Å²) in [6.07, 6.45) is -1.12. The van der Waals surface area contributed by atoms with E-state index in [0.717, 1.165) is 5.56 Å². The average molecular weight is 449 g/mol. The number of fused-ring (bicyclic) bond motifs is 1. The lowest BCUT2D eigenvalue weighted by atomic mass is 9.86. The zero-order chi connectivity index (χ0) is 22.6. The number of ether oxygens (including phenoxy) is 2. The molecule has 0 radical (unpaired) electrons. The second kappa shape index (κ2) is 9.15. The highest BCUT2D eigenvalue weighted by Gasteiger charge is 2.44. The number of rotatable bonds is 7. The molecule has 1 amide bonds. The minimum absolute atomic E-state index is 0.0614. The minimum atomic E-state index is -3.45. The molecule has 2 unspecified atom stereocenters. The van der Waals surface area contributed by atoms with Gasteiger partial charge in [0.1, 0.15) is 17.5 Å². The summed E-state index contributed by atoms with van der Waals surface area (Å²) in [7, 11) is -3.45. The van der Waals surface area contributed by atoms with E-state index in [-0.39, 0.29) is 12.4 Å². The average Bonchev–Trinajstić information content (AvgIpc) is 2.71. The molecule has 2 aromatic carbocycles. The van der Waals surface area contributed by atoms with Gasteiger partial charge in [0.05, 0.1) is 24.1 Å². The number of nitrogens with one attached hydrogen (secondary N) is 2. The van der Waals surface area contributed by atoms with Crippen LogP contribution in [0.4, 0.5) is 10.5 Å². The van der Waals surface area contributed by atoms with E-state index in [1.165, 1.54) is 0 Å². The van der Waals surface area contributed by atoms with Crippen molar-refractivity contribution in [3.63, 3.8) is 0 Å². The minimum Gasteiger partial charge on any atom is -0.485 e. The Morgan fingerprint density at radius 1 is 1.19 bits per heavy atom. The Kier molecular flexibility index (Phi) is 6.76. The number of anilines is 1. The SMILES string of the molecule is CCS(=O)(=O)Nc1ccc2c(c1)OC(C)(C)C(O)C2NC(=O)OCCc1ccccc1. The molecule has 1 aliphatic rings. The number of benzene rings is 2. The molecule has 0 fully saturated rings. The van der Waals surface area contributed by atoms with Crippen LogP contribution in [0.1, 0.15) is 37.9 Å². The van der Waals surface area contributed by atoms with E-state index in [1.807, 2.05) is 30.3 Å². The molecular formula is C22H28N2O6S. The molecule has 3 N–H and O–H groups in total. The maximum Gasteiger partial charge on any atom is 0.407 e. The summed E-state index contributed by atoms with van der Waals surface area (Å²) in [5, 5.41) is 13.5. The van der Waals surface area contributed by atoms with Crippen LogP contribution in [0.15, 0.2) is 48.5 Å². The molecule has 1 aliphatic heterocycles. The number of alkyl carbamates (subject to hydrolysis) is 1. The van der Waals surface area contributed by atoms with Crippen LogP contribution in [0, 0.1) is 0 Å². The largest absolute Gasteiger partial charge is 0.485 e. The molecule has 0 saturated carbocycles. The molecule has 8 nitrogen and oxygen atoms in total. The zero-order valence-corrected chi connectivity index (χ0v) is 18.6. The molecule has 9 heteroatoms. The Bertz CT molecular complexity index is 1020. The fourth-order valence-corrected chi connectivity index (χ4v) is 3.97. The van der Waals surface area contributed by atoms with E-state index in [0.29, 0.717) is 23.4 Å². The Balaban J connectivity index is 1.73. The third kappa shape index (κ3) is 5.68. The smallest absolute Gasteiger partial charge is 0.407 e. The third-order valence-electron chi connectivity index (χ3n) is 5.14. The summed E-state index contributed by atoms with van der Waals surface area (Å²) >= 11 is 0. The molecule has 2 aromatic rings. The van der Waals surface area contributed by atoms with Crippen molar-refractivity contribution >= 4 is 21.8 Å². The van der Waals surface area contributed by atoms with Crippen LogP contribution >= 0.6 is 0 Å². The van der Waals surface area contributed by atoms with Crippen LogP contribution in [0.3, 0.4) is 0 Å². The number of amides is 1. The lowest BCUT2D eigenvalue weighted by Crippen LogP contribution is -2.53. The molecule has 1 heterocycles. The quantitative estimate of drug-likeness (QED) is 0.600. The monoisotopic (exact) mass is 448 g/mol. The molecule has 168 valence electrons. The molecule has 0 aliphatic carbocycles. The topological polar surface area (TPSA) is 114 Å². The van der Waals surface area contributed by atoms with Crippen molar-refractivity contribution < 1.29 is 27.8 Å². The normalized spacial score (nSPS) is 19.6. The van der Waals surface area contributed by atoms with Gasteiger partial charge in [-0.3, -0.25) is 4.72 Å². The van der Waals surface area contributed by atoms with Gasteiger partial charge in [0.25, 0.3) is 0 Å². The van der Waals surface area contributed by atoms with Crippen LogP contribution < -0.4 is 14.8 Å². The molecule has 3 rings (SSSR count). The van der Waals surface area contributed by atoms with Gasteiger partial charge >= 0.3 is 6.09 Å². The van der Waals surface area contributed by atoms with E-state index in [2.05, 4.69) is 10.0 Å². The van der Waals surface area contributed by atoms with Gasteiger partial charge in [-0.25, -0.2) is 13.2 Å². The summed E-state index contributed by atoms with van der Waals surface area (Å²) in [5.41, 5.74) is 0.912. The number of aliphatic hydroxyl groups is 1. The van der Waals surface area contributed by atoms with Crippen molar-refractivity contribution in [3.05, 3.63) is 59.7 Å². The van der Waals surface area contributed by atoms with Crippen molar-refractivity contribution in [1.82, 2.24) is 5.32 Å². The van der Waals surface area contributed by atoms with Crippen LogP contribution in [0.5, 0.6) is 5.75 Å². The number of sulfonamides is 1. The number of hydrogen-bond acceptors (Lipinski definition) is 6. The molecule has 0 aromatic heterocycles. The summed E-state index contributed by atoms with van der Waals surface area (Å²) < 4.78 is 37.4. The first-order valence-corrected chi connectivity index (χ1v) is 11.8. The van der Waals surface area contributed by atoms with Crippen LogP contribution in [0.25, 0.3) is 0 Å². The summed E-state index contributed by atoms with van der Waals surface area (Å²) in [6, 6.07) is 13.6. The van der Waals surface area contributed by atoms with Crippen molar-refractivity contribution in [2.24, 2.45) is 0 Å². The van der Waals surface area contributed by atoms with E-state index >= 15 is 0 Å². The lowest BCUT2D eigenvalue weighted by molar-refractivity contribution is -0.0636. The van der Waals surface area contributed by atoms with Gasteiger partial charge in [0.2, 0.25) is 10.0 Å². The molecular weight excluding hydrogens is 420 g/mol. The van der Waals surface area contributed by atoms with Gasteiger partial charge in [0, 0.05) is 18.1 Å². The van der Waals surface area contributed by atoms with E-state index in [4.69, 9.17) is 9.47 Å². The Labute approximate surface area is 182 Å². The summed E-state index contributed by atoms with van der Waals surface area (Å²) in [5.74, 6) is 0.315. The van der Waals surface area contributed by atoms with Crippen molar-refractivity contribution in [1.29, 1.82) is 0 Å². The predicted molar refractivity (Wildman–Crippen MR) is 118 cm³/mol. The van der Waals surface area contributed by atoms with Crippen LogP contribution in [0.2, 0.25) is 0 Å². The van der Waals surface area contributed by atoms with E-state index < -0.39 is 33.9 Å². The van der Waals surface area contributed by atoms with Crippen LogP contribution in [-0.2, 0) is 21.2 Å². The Hall–Kier alpha value is -2.78. The number of hydrogen-bond donors (Lipinski definition) is 3. The highest BCUT2D eigenvalue weighted by molar-refractivity contribution is 7.92. The number of carbonyl (C=O) groups is 1. The lowest BCUT2D eigenvalue weighted by Gasteiger charge is -2.42. The first kappa shape index (κ1) is 22.9. The highest BCUT2D eigenvalue weighted by atomic mass is 32.2. The molecule has 0 bridgehead atoms. The maximum absolute atomic E-state index is 12.4. The van der Waals surface area contributed by atoms with Gasteiger partial charge in [-0.05, 0) is 32.4 Å². The van der Waals surface area contributed by atoms with E-state index in [9.17, 15) is 18.3 Å². The number of aliphatic hydroxyl groups excluding tert-OH is 1. The Morgan fingerprint density at radius 2 is 1.90 bits per heavy atom. The fraction of sp³-hybridized carbons (Fsp3) is 0.409. The predicted octanol–water partition coefficient (Wildman–Crippen LogP) is 2.99. The van der Waals surface area contributed by atoms with Gasteiger partial charge < -0.3 is 19.9 Å². The van der Waals surface area contributed by atoms with Crippen molar-refractivity contribution in [2.75, 3.05) is 17.1 Å². The van der Waals surface area contributed by atoms with Crippen LogP contribution in [-0.4, -0.2) is 43.7 Å². The van der Waals surface area contributed by atoms with Gasteiger partial charge in [-0.15, -0.1) is 0 Å². The molecule has 0 saturated heterocycles. The molecule has 2 atom stereocenters. The second-order valence-corrected chi connectivity index (χ2v) is 9.91. The van der Waals surface area contributed by atoms with Gasteiger partial charge in [-0.2, -0.15) is 0 Å². The van der Waals surface area contributed by atoms with Crippen molar-refractivity contribution in [3.8, 4) is 5.75 Å². The fourth-order valence-electron chi connectivity index (χ4n) is 3.34. The van der Waals surface area contributed by atoms with Crippen molar-refractivity contribution in [2.45, 2.75) is 44.9 Å². The van der Waals surface area contributed by atoms with E-state index in [1.54, 1.807) is 39.0 Å². The van der Waals surface area contributed by atoms with Gasteiger partial charge in [-0.1, -0.05) is 36.4 Å². The molecule has 31 heavy (non-hydrogen) atoms. The first-order chi connectivity index (χ1) is 14.6. The third-order valence-corrected chi connectivity index (χ3v) is 6.45. The second-order valence-electron chi connectivity index (χ2n) is 7.90. The standard InChI is InChI=1S/C22H28N2O6S/c1-4-31(27,28)24-16-10-11-17-18(14-16)30-22(2,3)20(25)19(17)23-21(26)29-13-12-15-8-6-5-7-9-15/h5-11,14,19-20,24-25H,4,12-13H2,1-3H3,(H,23,26). The number of carbonyl (C=O) groups excluding carboxylic acids is 1. The summed E-state index contributed by atoms with van der Waals surface area (Å²) in [6.45, 7) is 5.13. The van der Waals surface area contributed by atoms with Gasteiger partial charge in [0.15, 0.2) is 0 Å². The maximum atomic E-state index is 12.4. The Morgan fingerprint density at radius 3 is 2.58 bits per heavy atom.